The lowest BCUT2D eigenvalue weighted by Crippen LogP contribution is -2.71. The first-order valence-corrected chi connectivity index (χ1v) is 11.0. The van der Waals surface area contributed by atoms with E-state index >= 15 is 0 Å². The van der Waals surface area contributed by atoms with Crippen LogP contribution in [0.1, 0.15) is 11.5 Å². The van der Waals surface area contributed by atoms with Gasteiger partial charge in [0.1, 0.15) is 29.9 Å². The molecule has 4 N–H and O–H groups in total. The summed E-state index contributed by atoms with van der Waals surface area (Å²) in [6.45, 7) is 1.74. The number of nitrogen functional groups attached to an aromatic ring is 1. The van der Waals surface area contributed by atoms with Crippen LogP contribution in [0.5, 0.6) is 0 Å². The van der Waals surface area contributed by atoms with Crippen molar-refractivity contribution in [1.82, 2.24) is 35.4 Å². The highest BCUT2D eigenvalue weighted by Gasteiger charge is 2.54. The lowest BCUT2D eigenvalue weighted by Gasteiger charge is -2.49. The van der Waals surface area contributed by atoms with E-state index in [9.17, 15) is 19.5 Å². The molecule has 168 valence electrons. The molecule has 0 bridgehead atoms. The number of carbonyl (C=O) groups excluding carboxylic acids is 2. The summed E-state index contributed by atoms with van der Waals surface area (Å²) >= 11 is 2.44. The zero-order chi connectivity index (χ0) is 23.0. The van der Waals surface area contributed by atoms with Crippen molar-refractivity contribution >= 4 is 51.7 Å². The predicted octanol–water partition coefficient (Wildman–Crippen LogP) is -1.19. The van der Waals surface area contributed by atoms with Gasteiger partial charge < -0.3 is 21.0 Å². The summed E-state index contributed by atoms with van der Waals surface area (Å²) in [4.78, 5) is 48.7. The molecule has 0 radical (unpaired) electrons. The summed E-state index contributed by atoms with van der Waals surface area (Å²) in [5.74, 6) is -1.74. The van der Waals surface area contributed by atoms with Gasteiger partial charge in [-0.2, -0.15) is 4.80 Å². The highest BCUT2D eigenvalue weighted by Crippen LogP contribution is 2.40. The van der Waals surface area contributed by atoms with Gasteiger partial charge in [-0.05, 0) is 17.7 Å². The summed E-state index contributed by atoms with van der Waals surface area (Å²) in [5.41, 5.74) is 6.00. The number of hydrogen-bond acceptors (Lipinski definition) is 12. The predicted molar refractivity (Wildman–Crippen MR) is 112 cm³/mol. The fourth-order valence-corrected chi connectivity index (χ4v) is 5.15. The highest BCUT2D eigenvalue weighted by atomic mass is 32.2. The molecule has 2 aliphatic rings. The number of anilines is 1. The molecular weight excluding hydrogens is 462 g/mol. The van der Waals surface area contributed by atoms with Crippen LogP contribution in [0.2, 0.25) is 0 Å². The standard InChI is InChI=1S/C16H17N9O5S2/c1-6-20-23-24(21-6)3-7-4-31-14-10(13(27)25(14)11(7)15(28)29)19-12(26)9(22-30-2)8-5-32-16(17)18-8/h5,10,14H,3-4H2,1-2H3,(H2,17,18)(H,19,26)(H,28,29)/b22-9-/t10?,14-/m1/s1. The summed E-state index contributed by atoms with van der Waals surface area (Å²) in [7, 11) is 1.27. The van der Waals surface area contributed by atoms with E-state index in [0.717, 1.165) is 16.2 Å². The Morgan fingerprint density at radius 3 is 2.84 bits per heavy atom. The molecule has 0 aromatic carbocycles. The molecular formula is C16H17N9O5S2. The minimum atomic E-state index is -1.25. The van der Waals surface area contributed by atoms with Gasteiger partial charge in [-0.3, -0.25) is 14.5 Å². The number of hydrogen-bond donors (Lipinski definition) is 3. The third-order valence-electron chi connectivity index (χ3n) is 4.58. The number of nitrogens with two attached hydrogens (primary N) is 1. The number of carboxylic acid groups (broad SMARTS) is 1. The number of carboxylic acids is 1. The summed E-state index contributed by atoms with van der Waals surface area (Å²) in [6.07, 6.45) is 0. The third-order valence-corrected chi connectivity index (χ3v) is 6.60. The topological polar surface area (TPSA) is 191 Å². The maximum atomic E-state index is 12.8. The second-order valence-electron chi connectivity index (χ2n) is 6.68. The molecule has 0 spiro atoms. The Kier molecular flexibility index (Phi) is 5.79. The normalized spacial score (nSPS) is 20.6. The molecule has 1 unspecified atom stereocenters. The molecule has 16 heteroatoms. The zero-order valence-corrected chi connectivity index (χ0v) is 18.4. The first-order chi connectivity index (χ1) is 15.3. The number of β-lactam (4-membered cyclic amide) rings is 1. The second-order valence-corrected chi connectivity index (χ2v) is 8.67. The second kappa shape index (κ2) is 8.54. The number of amides is 2. The van der Waals surface area contributed by atoms with E-state index in [-0.39, 0.29) is 28.8 Å². The average Bonchev–Trinajstić information content (AvgIpc) is 3.37. The largest absolute Gasteiger partial charge is 0.477 e. The Labute approximate surface area is 188 Å². The van der Waals surface area contributed by atoms with E-state index in [4.69, 9.17) is 10.6 Å². The molecule has 4 heterocycles. The van der Waals surface area contributed by atoms with E-state index in [1.807, 2.05) is 0 Å². The fourth-order valence-electron chi connectivity index (χ4n) is 3.27. The van der Waals surface area contributed by atoms with E-state index in [1.165, 1.54) is 29.0 Å². The van der Waals surface area contributed by atoms with Crippen LogP contribution in [0.3, 0.4) is 0 Å². The number of nitrogens with one attached hydrogen (secondary N) is 1. The fraction of sp³-hybridized carbons (Fsp3) is 0.375. The molecule has 0 saturated carbocycles. The number of aryl methyl sites for hydroxylation is 1. The number of tetrazole rings is 1. The van der Waals surface area contributed by atoms with Gasteiger partial charge in [0, 0.05) is 11.1 Å². The van der Waals surface area contributed by atoms with E-state index in [0.29, 0.717) is 17.2 Å². The summed E-state index contributed by atoms with van der Waals surface area (Å²) in [5, 5.41) is 28.9. The Morgan fingerprint density at radius 2 is 2.25 bits per heavy atom. The molecule has 4 rings (SSSR count). The Morgan fingerprint density at radius 1 is 1.47 bits per heavy atom. The van der Waals surface area contributed by atoms with Crippen molar-refractivity contribution in [3.05, 3.63) is 28.2 Å². The van der Waals surface area contributed by atoms with E-state index < -0.39 is 29.2 Å². The highest BCUT2D eigenvalue weighted by molar-refractivity contribution is 8.00. The minimum absolute atomic E-state index is 0.0822. The van der Waals surface area contributed by atoms with Gasteiger partial charge in [-0.15, -0.1) is 33.3 Å². The van der Waals surface area contributed by atoms with Gasteiger partial charge in [0.2, 0.25) is 0 Å². The Bertz CT molecular complexity index is 1160. The number of aliphatic carboxylic acids is 1. The first kappa shape index (κ1) is 21.7. The van der Waals surface area contributed by atoms with Crippen molar-refractivity contribution in [2.75, 3.05) is 18.6 Å². The van der Waals surface area contributed by atoms with Crippen LogP contribution < -0.4 is 11.1 Å². The number of thiazole rings is 1. The summed E-state index contributed by atoms with van der Waals surface area (Å²) < 4.78 is 0. The van der Waals surface area contributed by atoms with Gasteiger partial charge in [0.25, 0.3) is 11.8 Å². The molecule has 2 aromatic heterocycles. The van der Waals surface area contributed by atoms with Gasteiger partial charge >= 0.3 is 5.97 Å². The molecule has 1 fully saturated rings. The van der Waals surface area contributed by atoms with Crippen molar-refractivity contribution in [2.45, 2.75) is 24.9 Å². The molecule has 2 atom stereocenters. The monoisotopic (exact) mass is 479 g/mol. The Hall–Kier alpha value is -3.53. The van der Waals surface area contributed by atoms with Crippen molar-refractivity contribution in [2.24, 2.45) is 5.16 Å². The lowest BCUT2D eigenvalue weighted by molar-refractivity contribution is -0.150. The maximum absolute atomic E-state index is 12.8. The van der Waals surface area contributed by atoms with Crippen LogP contribution in [0.4, 0.5) is 5.13 Å². The first-order valence-electron chi connectivity index (χ1n) is 9.08. The van der Waals surface area contributed by atoms with Gasteiger partial charge in [0.05, 0.1) is 6.54 Å². The van der Waals surface area contributed by atoms with Gasteiger partial charge in [0.15, 0.2) is 16.7 Å². The summed E-state index contributed by atoms with van der Waals surface area (Å²) in [6, 6.07) is -0.937. The Balaban J connectivity index is 1.53. The quantitative estimate of drug-likeness (QED) is 0.246. The molecule has 14 nitrogen and oxygen atoms in total. The lowest BCUT2D eigenvalue weighted by atomic mass is 10.0. The van der Waals surface area contributed by atoms with Crippen molar-refractivity contribution in [3.8, 4) is 0 Å². The van der Waals surface area contributed by atoms with Crippen LogP contribution in [-0.2, 0) is 25.8 Å². The van der Waals surface area contributed by atoms with Crippen LogP contribution in [0.15, 0.2) is 21.8 Å². The molecule has 32 heavy (non-hydrogen) atoms. The van der Waals surface area contributed by atoms with E-state index in [1.54, 1.807) is 6.92 Å². The van der Waals surface area contributed by atoms with Crippen LogP contribution in [0.25, 0.3) is 0 Å². The number of rotatable bonds is 7. The molecule has 0 aliphatic carbocycles. The maximum Gasteiger partial charge on any atom is 0.352 e. The third kappa shape index (κ3) is 3.89. The number of nitrogens with zero attached hydrogens (tertiary/aromatic N) is 7. The van der Waals surface area contributed by atoms with Gasteiger partial charge in [-0.1, -0.05) is 5.16 Å². The minimum Gasteiger partial charge on any atom is -0.477 e. The molecule has 2 aliphatic heterocycles. The van der Waals surface area contributed by atoms with Crippen molar-refractivity contribution in [1.29, 1.82) is 0 Å². The number of carbonyl (C=O) groups is 3. The zero-order valence-electron chi connectivity index (χ0n) is 16.8. The molecule has 2 amide bonds. The number of fused-ring (bicyclic) bond motifs is 1. The number of oxime groups is 1. The number of aromatic nitrogens is 5. The van der Waals surface area contributed by atoms with Crippen molar-refractivity contribution < 1.29 is 24.3 Å². The van der Waals surface area contributed by atoms with Crippen LogP contribution in [-0.4, -0.2) is 83.0 Å². The average molecular weight is 480 g/mol. The molecule has 1 saturated heterocycles. The SMILES string of the molecule is CO/N=C(\C(=O)NC1C(=O)N2C(C(=O)O)=C(Cn3nnc(C)n3)CS[C@H]12)c1csc(N)n1. The van der Waals surface area contributed by atoms with Gasteiger partial charge in [-0.25, -0.2) is 9.78 Å². The van der Waals surface area contributed by atoms with Crippen molar-refractivity contribution in [3.63, 3.8) is 0 Å². The smallest absolute Gasteiger partial charge is 0.352 e. The van der Waals surface area contributed by atoms with Crippen LogP contribution in [0, 0.1) is 6.92 Å². The molecule has 2 aromatic rings. The number of thioether (sulfide) groups is 1. The van der Waals surface area contributed by atoms with E-state index in [2.05, 4.69) is 30.9 Å². The van der Waals surface area contributed by atoms with Crippen LogP contribution >= 0.6 is 23.1 Å².